The minimum absolute atomic E-state index is 0.128. The number of nitrogens with two attached hydrogens (primary N) is 1. The molecule has 0 bridgehead atoms. The molecule has 1 aromatic carbocycles. The summed E-state index contributed by atoms with van der Waals surface area (Å²) < 4.78 is 0. The molecular formula is C14H18Cl3NO2. The second kappa shape index (κ2) is 8.08. The fourth-order valence-corrected chi connectivity index (χ4v) is 2.84. The highest BCUT2D eigenvalue weighted by Crippen LogP contribution is 2.34. The quantitative estimate of drug-likeness (QED) is 0.730. The van der Waals surface area contributed by atoms with Gasteiger partial charge in [0.15, 0.2) is 0 Å². The van der Waals surface area contributed by atoms with E-state index in [1.807, 2.05) is 6.92 Å². The Balaban J connectivity index is 2.89. The first kappa shape index (κ1) is 17.6. The SMILES string of the molecule is CCC(Cc1c(Cl)ccc(Cl)c1Cl)CC(CN)C(=O)O. The van der Waals surface area contributed by atoms with Crippen LogP contribution in [-0.4, -0.2) is 17.6 Å². The fraction of sp³-hybridized carbons (Fsp3) is 0.500. The molecule has 0 aliphatic heterocycles. The van der Waals surface area contributed by atoms with Gasteiger partial charge < -0.3 is 10.8 Å². The van der Waals surface area contributed by atoms with Gasteiger partial charge >= 0.3 is 5.97 Å². The molecule has 1 rings (SSSR count). The Morgan fingerprint density at radius 3 is 2.40 bits per heavy atom. The number of carboxylic acid groups (broad SMARTS) is 1. The number of halogens is 3. The monoisotopic (exact) mass is 337 g/mol. The Labute approximate surface area is 134 Å². The zero-order chi connectivity index (χ0) is 15.3. The van der Waals surface area contributed by atoms with Crippen LogP contribution in [0, 0.1) is 11.8 Å². The van der Waals surface area contributed by atoms with E-state index < -0.39 is 11.9 Å². The van der Waals surface area contributed by atoms with Crippen molar-refractivity contribution < 1.29 is 9.90 Å². The first-order chi connectivity index (χ1) is 9.40. The number of rotatable bonds is 7. The summed E-state index contributed by atoms with van der Waals surface area (Å²) in [5.41, 5.74) is 6.27. The lowest BCUT2D eigenvalue weighted by Crippen LogP contribution is -2.26. The molecule has 0 saturated heterocycles. The summed E-state index contributed by atoms with van der Waals surface area (Å²) in [7, 11) is 0. The van der Waals surface area contributed by atoms with Crippen molar-refractivity contribution in [2.75, 3.05) is 6.54 Å². The molecule has 0 saturated carbocycles. The molecule has 3 nitrogen and oxygen atoms in total. The third kappa shape index (κ3) is 4.52. The van der Waals surface area contributed by atoms with Gasteiger partial charge in [0.05, 0.1) is 16.0 Å². The molecule has 6 heteroatoms. The Hall–Kier alpha value is -0.480. The number of aliphatic carboxylic acids is 1. The summed E-state index contributed by atoms with van der Waals surface area (Å²) in [4.78, 5) is 11.1. The molecule has 0 aliphatic carbocycles. The van der Waals surface area contributed by atoms with Crippen LogP contribution in [0.5, 0.6) is 0 Å². The zero-order valence-corrected chi connectivity index (χ0v) is 13.5. The largest absolute Gasteiger partial charge is 0.481 e. The molecule has 2 unspecified atom stereocenters. The number of hydrogen-bond acceptors (Lipinski definition) is 2. The number of carboxylic acids is 1. The average molecular weight is 339 g/mol. The zero-order valence-electron chi connectivity index (χ0n) is 11.2. The summed E-state index contributed by atoms with van der Waals surface area (Å²) in [6.45, 7) is 2.13. The van der Waals surface area contributed by atoms with E-state index in [0.29, 0.717) is 27.9 Å². The molecule has 112 valence electrons. The molecule has 3 N–H and O–H groups in total. The van der Waals surface area contributed by atoms with Crippen LogP contribution in [0.3, 0.4) is 0 Å². The van der Waals surface area contributed by atoms with Crippen molar-refractivity contribution in [3.63, 3.8) is 0 Å². The first-order valence-corrected chi connectivity index (χ1v) is 7.59. The molecule has 0 radical (unpaired) electrons. The van der Waals surface area contributed by atoms with Crippen molar-refractivity contribution in [3.05, 3.63) is 32.8 Å². The van der Waals surface area contributed by atoms with E-state index in [9.17, 15) is 4.79 Å². The Morgan fingerprint density at radius 2 is 1.90 bits per heavy atom. The van der Waals surface area contributed by atoms with E-state index in [0.717, 1.165) is 12.0 Å². The molecule has 0 fully saturated rings. The smallest absolute Gasteiger partial charge is 0.307 e. The summed E-state index contributed by atoms with van der Waals surface area (Å²) in [5.74, 6) is -1.26. The van der Waals surface area contributed by atoms with Crippen LogP contribution in [-0.2, 0) is 11.2 Å². The molecule has 20 heavy (non-hydrogen) atoms. The van der Waals surface area contributed by atoms with E-state index in [4.69, 9.17) is 45.6 Å². The summed E-state index contributed by atoms with van der Waals surface area (Å²) in [6.07, 6.45) is 1.92. The maximum absolute atomic E-state index is 11.1. The van der Waals surface area contributed by atoms with Crippen LogP contribution in [0.1, 0.15) is 25.3 Å². The van der Waals surface area contributed by atoms with Crippen LogP contribution in [0.2, 0.25) is 15.1 Å². The van der Waals surface area contributed by atoms with Crippen molar-refractivity contribution in [2.24, 2.45) is 17.6 Å². The average Bonchev–Trinajstić information content (AvgIpc) is 2.42. The van der Waals surface area contributed by atoms with Gasteiger partial charge in [0, 0.05) is 11.6 Å². The highest BCUT2D eigenvalue weighted by atomic mass is 35.5. The lowest BCUT2D eigenvalue weighted by molar-refractivity contribution is -0.142. The standard InChI is InChI=1S/C14H18Cl3NO2/c1-2-8(5-9(7-18)14(19)20)6-10-11(15)3-4-12(16)13(10)17/h3-4,8-9H,2,5-7,18H2,1H3,(H,19,20). The van der Waals surface area contributed by atoms with E-state index in [-0.39, 0.29) is 12.5 Å². The molecular weight excluding hydrogens is 321 g/mol. The maximum atomic E-state index is 11.1. The second-order valence-electron chi connectivity index (χ2n) is 4.81. The van der Waals surface area contributed by atoms with Crippen molar-refractivity contribution in [1.82, 2.24) is 0 Å². The Morgan fingerprint density at radius 1 is 1.30 bits per heavy atom. The van der Waals surface area contributed by atoms with Crippen LogP contribution >= 0.6 is 34.8 Å². The lowest BCUT2D eigenvalue weighted by atomic mass is 9.87. The normalized spacial score (nSPS) is 14.1. The number of benzene rings is 1. The van der Waals surface area contributed by atoms with Gasteiger partial charge in [-0.05, 0) is 36.5 Å². The van der Waals surface area contributed by atoms with Crippen LogP contribution in [0.4, 0.5) is 0 Å². The molecule has 0 heterocycles. The van der Waals surface area contributed by atoms with Gasteiger partial charge in [-0.3, -0.25) is 4.79 Å². The third-order valence-corrected chi connectivity index (χ3v) is 4.66. The van der Waals surface area contributed by atoms with Crippen molar-refractivity contribution >= 4 is 40.8 Å². The summed E-state index contributed by atoms with van der Waals surface area (Å²) in [5, 5.41) is 10.5. The van der Waals surface area contributed by atoms with E-state index in [1.165, 1.54) is 0 Å². The Kier molecular flexibility index (Phi) is 7.10. The predicted molar refractivity (Wildman–Crippen MR) is 83.8 cm³/mol. The third-order valence-electron chi connectivity index (χ3n) is 3.46. The minimum atomic E-state index is -0.866. The molecule has 1 aromatic rings. The predicted octanol–water partition coefficient (Wildman–Crippen LogP) is 4.27. The van der Waals surface area contributed by atoms with Gasteiger partial charge in [-0.25, -0.2) is 0 Å². The van der Waals surface area contributed by atoms with Gasteiger partial charge in [-0.15, -0.1) is 0 Å². The van der Waals surface area contributed by atoms with Crippen LogP contribution < -0.4 is 5.73 Å². The van der Waals surface area contributed by atoms with Crippen LogP contribution in [0.15, 0.2) is 12.1 Å². The van der Waals surface area contributed by atoms with Crippen LogP contribution in [0.25, 0.3) is 0 Å². The molecule has 0 aromatic heterocycles. The summed E-state index contributed by atoms with van der Waals surface area (Å²) >= 11 is 18.3. The Bertz CT molecular complexity index is 480. The van der Waals surface area contributed by atoms with Crippen molar-refractivity contribution in [2.45, 2.75) is 26.2 Å². The van der Waals surface area contributed by atoms with Gasteiger partial charge in [-0.1, -0.05) is 48.1 Å². The van der Waals surface area contributed by atoms with Gasteiger partial charge in [-0.2, -0.15) is 0 Å². The van der Waals surface area contributed by atoms with E-state index >= 15 is 0 Å². The van der Waals surface area contributed by atoms with Crippen molar-refractivity contribution in [1.29, 1.82) is 0 Å². The minimum Gasteiger partial charge on any atom is -0.481 e. The molecule has 0 spiro atoms. The fourth-order valence-electron chi connectivity index (χ4n) is 2.14. The van der Waals surface area contributed by atoms with Crippen molar-refractivity contribution in [3.8, 4) is 0 Å². The second-order valence-corrected chi connectivity index (χ2v) is 6.00. The van der Waals surface area contributed by atoms with Gasteiger partial charge in [0.2, 0.25) is 0 Å². The van der Waals surface area contributed by atoms with E-state index in [2.05, 4.69) is 0 Å². The number of carbonyl (C=O) groups is 1. The number of hydrogen-bond donors (Lipinski definition) is 2. The highest BCUT2D eigenvalue weighted by Gasteiger charge is 2.22. The highest BCUT2D eigenvalue weighted by molar-refractivity contribution is 6.44. The van der Waals surface area contributed by atoms with Gasteiger partial charge in [0.1, 0.15) is 0 Å². The van der Waals surface area contributed by atoms with Gasteiger partial charge in [0.25, 0.3) is 0 Å². The molecule has 0 amide bonds. The lowest BCUT2D eigenvalue weighted by Gasteiger charge is -2.20. The van der Waals surface area contributed by atoms with E-state index in [1.54, 1.807) is 12.1 Å². The summed E-state index contributed by atoms with van der Waals surface area (Å²) in [6, 6.07) is 3.35. The topological polar surface area (TPSA) is 63.3 Å². The molecule has 0 aliphatic rings. The maximum Gasteiger partial charge on any atom is 0.307 e. The first-order valence-electron chi connectivity index (χ1n) is 6.45. The molecule has 2 atom stereocenters.